The highest BCUT2D eigenvalue weighted by atomic mass is 32.1. The third kappa shape index (κ3) is 4.85. The molecule has 0 aliphatic carbocycles. The van der Waals surface area contributed by atoms with Crippen LogP contribution in [0.15, 0.2) is 18.2 Å². The zero-order chi connectivity index (χ0) is 25.2. The summed E-state index contributed by atoms with van der Waals surface area (Å²) in [6, 6.07) is 4.43. The number of nitrogens with two attached hydrogens (primary N) is 2. The Kier molecular flexibility index (Phi) is 7.48. The largest absolute Gasteiger partial charge is 0.365 e. The average Bonchev–Trinajstić information content (AvgIpc) is 3.28. The molecule has 178 valence electrons. The molecule has 0 atom stereocenters. The predicted octanol–water partition coefficient (Wildman–Crippen LogP) is 3.65. The van der Waals surface area contributed by atoms with Gasteiger partial charge in [0.05, 0.1) is 11.1 Å². The molecule has 6 N–H and O–H groups in total. The first-order valence-electron chi connectivity index (χ1n) is 10.5. The summed E-state index contributed by atoms with van der Waals surface area (Å²) in [5, 5.41) is 6.06. The summed E-state index contributed by atoms with van der Waals surface area (Å²) in [6.45, 7) is 7.51. The first kappa shape index (κ1) is 25.1. The molecule has 0 aliphatic rings. The minimum Gasteiger partial charge on any atom is -0.365 e. The number of hydrogen-bond donors (Lipinski definition) is 4. The van der Waals surface area contributed by atoms with E-state index in [9.17, 15) is 19.2 Å². The zero-order valence-electron chi connectivity index (χ0n) is 19.2. The zero-order valence-corrected chi connectivity index (χ0v) is 20.8. The Balaban J connectivity index is 1.86. The van der Waals surface area contributed by atoms with Crippen LogP contribution in [0.5, 0.6) is 0 Å². The SMILES string of the molecule is CCc1c(C)sc(NC(=O)c2cccc(C(=O)Nc3sc(C)c(CC)c3C(N)=O)n2)c1C(N)=O. The van der Waals surface area contributed by atoms with Crippen molar-refractivity contribution in [3.8, 4) is 0 Å². The first-order valence-corrected chi connectivity index (χ1v) is 12.2. The van der Waals surface area contributed by atoms with Crippen LogP contribution in [0.25, 0.3) is 0 Å². The van der Waals surface area contributed by atoms with Gasteiger partial charge in [-0.1, -0.05) is 19.9 Å². The summed E-state index contributed by atoms with van der Waals surface area (Å²) in [6.07, 6.45) is 1.19. The van der Waals surface area contributed by atoms with Gasteiger partial charge >= 0.3 is 0 Å². The first-order chi connectivity index (χ1) is 16.1. The number of aryl methyl sites for hydroxylation is 2. The van der Waals surface area contributed by atoms with E-state index in [1.54, 1.807) is 0 Å². The van der Waals surface area contributed by atoms with E-state index in [-0.39, 0.29) is 22.5 Å². The lowest BCUT2D eigenvalue weighted by Gasteiger charge is -2.08. The van der Waals surface area contributed by atoms with Crippen molar-refractivity contribution in [2.45, 2.75) is 40.5 Å². The van der Waals surface area contributed by atoms with Gasteiger partial charge in [0.1, 0.15) is 21.4 Å². The molecule has 0 aliphatic heterocycles. The van der Waals surface area contributed by atoms with Crippen LogP contribution in [0.1, 0.15) is 76.4 Å². The summed E-state index contributed by atoms with van der Waals surface area (Å²) in [5.41, 5.74) is 13.2. The number of thiophene rings is 2. The number of nitrogens with one attached hydrogen (secondary N) is 2. The van der Waals surface area contributed by atoms with Gasteiger partial charge in [-0.2, -0.15) is 0 Å². The molecular formula is C23H25N5O4S2. The third-order valence-electron chi connectivity index (χ3n) is 5.29. The number of rotatable bonds is 8. The fraction of sp³-hybridized carbons (Fsp3) is 0.261. The Hall–Kier alpha value is -3.57. The van der Waals surface area contributed by atoms with Crippen LogP contribution >= 0.6 is 22.7 Å². The summed E-state index contributed by atoms with van der Waals surface area (Å²) < 4.78 is 0. The highest BCUT2D eigenvalue weighted by molar-refractivity contribution is 7.17. The number of hydrogen-bond acceptors (Lipinski definition) is 7. The second kappa shape index (κ2) is 10.1. The van der Waals surface area contributed by atoms with Gasteiger partial charge in [0, 0.05) is 9.75 Å². The van der Waals surface area contributed by atoms with E-state index < -0.39 is 23.6 Å². The number of primary amides is 2. The molecule has 4 amide bonds. The molecule has 0 bridgehead atoms. The monoisotopic (exact) mass is 499 g/mol. The fourth-order valence-electron chi connectivity index (χ4n) is 3.73. The van der Waals surface area contributed by atoms with Gasteiger partial charge in [-0.25, -0.2) is 4.98 Å². The van der Waals surface area contributed by atoms with Gasteiger partial charge in [0.15, 0.2) is 0 Å². The van der Waals surface area contributed by atoms with E-state index in [0.717, 1.165) is 20.9 Å². The number of amides is 4. The van der Waals surface area contributed by atoms with Crippen molar-refractivity contribution in [2.24, 2.45) is 11.5 Å². The highest BCUT2D eigenvalue weighted by Gasteiger charge is 2.23. The number of aromatic nitrogens is 1. The number of anilines is 2. The van der Waals surface area contributed by atoms with Crippen LogP contribution in [0, 0.1) is 13.8 Å². The Morgan fingerprint density at radius 2 is 1.18 bits per heavy atom. The summed E-state index contributed by atoms with van der Waals surface area (Å²) in [5.74, 6) is -2.42. The Labute approximate surface area is 204 Å². The summed E-state index contributed by atoms with van der Waals surface area (Å²) >= 11 is 2.51. The maximum atomic E-state index is 12.9. The van der Waals surface area contributed by atoms with Gasteiger partial charge in [-0.05, 0) is 49.9 Å². The standard InChI is InChI=1S/C23H25N5O4S2/c1-5-12-10(3)33-22(16(12)18(24)29)27-20(31)14-8-7-9-15(26-14)21(32)28-23-17(19(25)30)13(6-2)11(4)34-23/h7-9H,5-6H2,1-4H3,(H2,24,29)(H2,25,30)(H,27,31)(H,28,32). The highest BCUT2D eigenvalue weighted by Crippen LogP contribution is 2.34. The molecule has 0 unspecified atom stereocenters. The maximum Gasteiger partial charge on any atom is 0.274 e. The van der Waals surface area contributed by atoms with Crippen LogP contribution in [-0.4, -0.2) is 28.6 Å². The van der Waals surface area contributed by atoms with Crippen molar-refractivity contribution in [1.82, 2.24) is 4.98 Å². The van der Waals surface area contributed by atoms with Crippen LogP contribution < -0.4 is 22.1 Å². The van der Waals surface area contributed by atoms with Crippen LogP contribution in [-0.2, 0) is 12.8 Å². The van der Waals surface area contributed by atoms with E-state index in [0.29, 0.717) is 22.8 Å². The molecule has 0 saturated carbocycles. The number of nitrogens with zero attached hydrogens (tertiary/aromatic N) is 1. The Morgan fingerprint density at radius 3 is 1.50 bits per heavy atom. The second-order valence-corrected chi connectivity index (χ2v) is 9.88. The van der Waals surface area contributed by atoms with Gasteiger partial charge in [-0.3, -0.25) is 19.2 Å². The third-order valence-corrected chi connectivity index (χ3v) is 7.41. The van der Waals surface area contributed by atoms with Gasteiger partial charge in [0.25, 0.3) is 23.6 Å². The molecule has 9 nitrogen and oxygen atoms in total. The number of pyridine rings is 1. The van der Waals surface area contributed by atoms with Gasteiger partial charge < -0.3 is 22.1 Å². The lowest BCUT2D eigenvalue weighted by atomic mass is 10.1. The molecular weight excluding hydrogens is 474 g/mol. The van der Waals surface area contributed by atoms with E-state index in [1.165, 1.54) is 40.9 Å². The normalized spacial score (nSPS) is 10.7. The molecule has 3 aromatic rings. The summed E-state index contributed by atoms with van der Waals surface area (Å²) in [7, 11) is 0. The topological polar surface area (TPSA) is 157 Å². The molecule has 0 spiro atoms. The molecule has 0 aromatic carbocycles. The molecule has 3 heterocycles. The van der Waals surface area contributed by atoms with E-state index in [4.69, 9.17) is 11.5 Å². The van der Waals surface area contributed by atoms with Crippen molar-refractivity contribution in [3.63, 3.8) is 0 Å². The van der Waals surface area contributed by atoms with Crippen molar-refractivity contribution >= 4 is 56.3 Å². The molecule has 0 fully saturated rings. The lowest BCUT2D eigenvalue weighted by Crippen LogP contribution is -2.21. The molecule has 3 aromatic heterocycles. The second-order valence-electron chi connectivity index (χ2n) is 7.43. The van der Waals surface area contributed by atoms with Gasteiger partial charge in [-0.15, -0.1) is 22.7 Å². The maximum absolute atomic E-state index is 12.9. The van der Waals surface area contributed by atoms with Crippen molar-refractivity contribution in [3.05, 3.63) is 61.6 Å². The number of carbonyl (C=O) groups is 4. The molecule has 0 radical (unpaired) electrons. The fourth-order valence-corrected chi connectivity index (χ4v) is 6.02. The van der Waals surface area contributed by atoms with E-state index in [1.807, 2.05) is 27.7 Å². The van der Waals surface area contributed by atoms with Crippen LogP contribution in [0.2, 0.25) is 0 Å². The Morgan fingerprint density at radius 1 is 0.794 bits per heavy atom. The van der Waals surface area contributed by atoms with Crippen molar-refractivity contribution < 1.29 is 19.2 Å². The molecule has 11 heteroatoms. The minimum absolute atomic E-state index is 0.0149. The van der Waals surface area contributed by atoms with Gasteiger partial charge in [0.2, 0.25) is 0 Å². The minimum atomic E-state index is -0.625. The van der Waals surface area contributed by atoms with E-state index in [2.05, 4.69) is 15.6 Å². The van der Waals surface area contributed by atoms with Crippen LogP contribution in [0.4, 0.5) is 10.0 Å². The van der Waals surface area contributed by atoms with Crippen molar-refractivity contribution in [1.29, 1.82) is 0 Å². The van der Waals surface area contributed by atoms with Crippen LogP contribution in [0.3, 0.4) is 0 Å². The lowest BCUT2D eigenvalue weighted by molar-refractivity contribution is 0.0990. The predicted molar refractivity (Wildman–Crippen MR) is 134 cm³/mol. The number of carbonyl (C=O) groups excluding carboxylic acids is 4. The molecule has 3 rings (SSSR count). The van der Waals surface area contributed by atoms with Crippen molar-refractivity contribution in [2.75, 3.05) is 10.6 Å². The average molecular weight is 500 g/mol. The Bertz CT molecular complexity index is 1210. The molecule has 34 heavy (non-hydrogen) atoms. The molecule has 0 saturated heterocycles. The smallest absolute Gasteiger partial charge is 0.274 e. The quantitative estimate of drug-likeness (QED) is 0.372. The van der Waals surface area contributed by atoms with E-state index >= 15 is 0 Å². The summed E-state index contributed by atoms with van der Waals surface area (Å²) in [4.78, 5) is 55.5.